The molecule has 0 aliphatic carbocycles. The Morgan fingerprint density at radius 1 is 1.02 bits per heavy atom. The fraction of sp³-hybridized carbons (Fsp3) is 0.367. The quantitative estimate of drug-likeness (QED) is 0.430. The Morgan fingerprint density at radius 3 is 2.29 bits per heavy atom. The number of para-hydroxylation sites is 1. The summed E-state index contributed by atoms with van der Waals surface area (Å²) < 4.78 is 42.8. The molecule has 3 aromatic rings. The normalized spacial score (nSPS) is 14.8. The predicted octanol–water partition coefficient (Wildman–Crippen LogP) is 4.76. The number of aryl methyl sites for hydroxylation is 2. The zero-order chi connectivity index (χ0) is 29.7. The summed E-state index contributed by atoms with van der Waals surface area (Å²) >= 11 is 0. The van der Waals surface area contributed by atoms with Gasteiger partial charge in [0.2, 0.25) is 0 Å². The van der Waals surface area contributed by atoms with Gasteiger partial charge in [0.15, 0.2) is 11.6 Å². The number of hydrogen-bond donors (Lipinski definition) is 1. The van der Waals surface area contributed by atoms with Crippen molar-refractivity contribution in [2.24, 2.45) is 7.05 Å². The average molecular weight is 583 g/mol. The van der Waals surface area contributed by atoms with Crippen LogP contribution in [0.5, 0.6) is 0 Å². The van der Waals surface area contributed by atoms with Crippen LogP contribution in [0.15, 0.2) is 64.5 Å². The number of anilines is 3. The SMILES string of the molecule is Cc1cc([C@@H](C)Nc2ccccc2S(C)=O)cc(F)c(N2CCN(c3cnc(CF)nc3)CC2)n(C)c(=O)c(C)c1. The molecule has 1 aliphatic heterocycles. The molecule has 4 rings (SSSR count). The van der Waals surface area contributed by atoms with Crippen molar-refractivity contribution in [3.05, 3.63) is 93.5 Å². The van der Waals surface area contributed by atoms with E-state index in [2.05, 4.69) is 20.2 Å². The monoisotopic (exact) mass is 582 g/mol. The molecule has 11 heteroatoms. The molecule has 218 valence electrons. The topological polar surface area (TPSA) is 83.4 Å². The highest BCUT2D eigenvalue weighted by atomic mass is 32.2. The van der Waals surface area contributed by atoms with Crippen molar-refractivity contribution in [2.75, 3.05) is 47.6 Å². The summed E-state index contributed by atoms with van der Waals surface area (Å²) in [7, 11) is 0.392. The van der Waals surface area contributed by atoms with E-state index in [4.69, 9.17) is 0 Å². The van der Waals surface area contributed by atoms with Gasteiger partial charge in [-0.3, -0.25) is 13.6 Å². The van der Waals surface area contributed by atoms with Crippen LogP contribution in [0.25, 0.3) is 0 Å². The maximum atomic E-state index is 16.3. The van der Waals surface area contributed by atoms with Gasteiger partial charge in [0.25, 0.3) is 5.56 Å². The van der Waals surface area contributed by atoms with Gasteiger partial charge >= 0.3 is 0 Å². The molecule has 0 amide bonds. The van der Waals surface area contributed by atoms with E-state index < -0.39 is 23.3 Å². The fourth-order valence-corrected chi connectivity index (χ4v) is 5.71. The van der Waals surface area contributed by atoms with Crippen LogP contribution in [0, 0.1) is 19.7 Å². The van der Waals surface area contributed by atoms with E-state index in [9.17, 15) is 13.4 Å². The molecule has 1 saturated heterocycles. The van der Waals surface area contributed by atoms with Crippen LogP contribution in [0.1, 0.15) is 35.5 Å². The highest BCUT2D eigenvalue weighted by Crippen LogP contribution is 2.27. The van der Waals surface area contributed by atoms with Crippen molar-refractivity contribution in [1.29, 1.82) is 0 Å². The summed E-state index contributed by atoms with van der Waals surface area (Å²) in [5.74, 6) is -0.203. The van der Waals surface area contributed by atoms with Gasteiger partial charge in [-0.15, -0.1) is 0 Å². The van der Waals surface area contributed by atoms with Crippen LogP contribution in [-0.4, -0.2) is 51.2 Å². The van der Waals surface area contributed by atoms with Crippen molar-refractivity contribution in [3.63, 3.8) is 0 Å². The molecular formula is C30H36F2N6O2S. The first-order valence-corrected chi connectivity index (χ1v) is 15.0. The number of piperazine rings is 1. The highest BCUT2D eigenvalue weighted by molar-refractivity contribution is 7.84. The third-order valence-corrected chi connectivity index (χ3v) is 8.10. The molecule has 2 aromatic heterocycles. The van der Waals surface area contributed by atoms with Gasteiger partial charge in [-0.05, 0) is 44.5 Å². The second kappa shape index (κ2) is 13.2. The third-order valence-electron chi connectivity index (χ3n) is 7.13. The maximum Gasteiger partial charge on any atom is 0.254 e. The second-order valence-electron chi connectivity index (χ2n) is 10.2. The molecule has 41 heavy (non-hydrogen) atoms. The lowest BCUT2D eigenvalue weighted by molar-refractivity contribution is 0.465. The van der Waals surface area contributed by atoms with E-state index in [1.807, 2.05) is 43.0 Å². The number of rotatable bonds is 7. The van der Waals surface area contributed by atoms with E-state index in [-0.39, 0.29) is 23.2 Å². The van der Waals surface area contributed by atoms with E-state index >= 15 is 4.39 Å². The smallest absolute Gasteiger partial charge is 0.254 e. The molecule has 3 heterocycles. The van der Waals surface area contributed by atoms with Gasteiger partial charge < -0.3 is 15.1 Å². The first-order valence-electron chi connectivity index (χ1n) is 13.4. The van der Waals surface area contributed by atoms with E-state index in [1.54, 1.807) is 44.8 Å². The number of hydrogen-bond acceptors (Lipinski definition) is 7. The summed E-state index contributed by atoms with van der Waals surface area (Å²) in [6, 6.07) is 12.2. The largest absolute Gasteiger partial charge is 0.378 e. The Hall–Kier alpha value is -3.86. The lowest BCUT2D eigenvalue weighted by Gasteiger charge is -2.37. The third kappa shape index (κ3) is 7.08. The number of nitrogens with one attached hydrogen (secondary N) is 1. The molecule has 1 aliphatic rings. The van der Waals surface area contributed by atoms with Crippen LogP contribution in [0.2, 0.25) is 0 Å². The molecule has 1 unspecified atom stereocenters. The Kier molecular flexibility index (Phi) is 9.69. The molecule has 1 aromatic carbocycles. The molecule has 0 spiro atoms. The van der Waals surface area contributed by atoms with Crippen LogP contribution in [0.3, 0.4) is 0 Å². The van der Waals surface area contributed by atoms with Crippen LogP contribution < -0.4 is 20.7 Å². The van der Waals surface area contributed by atoms with Gasteiger partial charge in [0, 0.05) is 51.1 Å². The predicted molar refractivity (Wildman–Crippen MR) is 161 cm³/mol. The van der Waals surface area contributed by atoms with Gasteiger partial charge in [-0.25, -0.2) is 18.7 Å². The van der Waals surface area contributed by atoms with Crippen molar-refractivity contribution in [1.82, 2.24) is 14.5 Å². The molecule has 1 N–H and O–H groups in total. The van der Waals surface area contributed by atoms with Gasteiger partial charge in [0.05, 0.1) is 39.5 Å². The van der Waals surface area contributed by atoms with E-state index in [1.165, 1.54) is 10.6 Å². The lowest BCUT2D eigenvalue weighted by Crippen LogP contribution is -2.48. The standard InChI is InChI=1S/C30H36F2N6O2S/c1-20-14-21(2)30(39)36(4)29(38-12-10-37(11-13-38)24-18-33-28(17-31)34-19-24)25(32)16-23(15-20)22(3)35-26-8-6-7-9-27(26)41(5)40/h6-9,14-16,18-19,22,35H,10-13,17H2,1-5H3/t22-,41?/m1/s1. The summed E-state index contributed by atoms with van der Waals surface area (Å²) in [5, 5.41) is 3.39. The zero-order valence-electron chi connectivity index (χ0n) is 24.0. The summed E-state index contributed by atoms with van der Waals surface area (Å²) in [6.07, 6.45) is 4.81. The molecule has 0 radical (unpaired) electrons. The summed E-state index contributed by atoms with van der Waals surface area (Å²) in [4.78, 5) is 26.0. The second-order valence-corrected chi connectivity index (χ2v) is 11.5. The summed E-state index contributed by atoms with van der Waals surface area (Å²) in [6.45, 7) is 6.80. The maximum absolute atomic E-state index is 16.3. The molecule has 0 bridgehead atoms. The van der Waals surface area contributed by atoms with Crippen LogP contribution >= 0.6 is 0 Å². The van der Waals surface area contributed by atoms with Gasteiger partial charge in [0.1, 0.15) is 12.5 Å². The van der Waals surface area contributed by atoms with Crippen LogP contribution in [0.4, 0.5) is 26.0 Å². The number of nitrogens with zero attached hydrogens (tertiary/aromatic N) is 5. The highest BCUT2D eigenvalue weighted by Gasteiger charge is 2.23. The lowest BCUT2D eigenvalue weighted by atomic mass is 10.1. The minimum absolute atomic E-state index is 0.131. The van der Waals surface area contributed by atoms with E-state index in [0.717, 1.165) is 11.3 Å². The Balaban J connectivity index is 1.73. The van der Waals surface area contributed by atoms with E-state index in [0.29, 0.717) is 47.9 Å². The molecule has 0 saturated carbocycles. The van der Waals surface area contributed by atoms with Crippen molar-refractivity contribution in [3.8, 4) is 0 Å². The minimum atomic E-state index is -1.20. The Labute approximate surface area is 241 Å². The van der Waals surface area contributed by atoms with Gasteiger partial charge in [-0.2, -0.15) is 0 Å². The zero-order valence-corrected chi connectivity index (χ0v) is 24.8. The Bertz CT molecular complexity index is 1540. The van der Waals surface area contributed by atoms with Crippen molar-refractivity contribution < 1.29 is 13.0 Å². The number of alkyl halides is 1. The first kappa shape index (κ1) is 30.1. The van der Waals surface area contributed by atoms with Crippen molar-refractivity contribution >= 4 is 28.0 Å². The fourth-order valence-electron chi connectivity index (χ4n) is 5.00. The average Bonchev–Trinajstić information content (AvgIpc) is 2.96. The first-order chi connectivity index (χ1) is 19.6. The molecule has 2 atom stereocenters. The molecular weight excluding hydrogens is 546 g/mol. The Morgan fingerprint density at radius 2 is 1.66 bits per heavy atom. The number of benzene rings is 1. The number of halogens is 2. The molecule has 8 nitrogen and oxygen atoms in total. The number of aromatic nitrogens is 3. The van der Waals surface area contributed by atoms with Gasteiger partial charge in [-0.1, -0.05) is 29.8 Å². The molecule has 1 fully saturated rings. The van der Waals surface area contributed by atoms with Crippen LogP contribution in [-0.2, 0) is 24.5 Å². The van der Waals surface area contributed by atoms with Crippen molar-refractivity contribution in [2.45, 2.75) is 38.4 Å². The summed E-state index contributed by atoms with van der Waals surface area (Å²) in [5.41, 5.74) is 3.16. The minimum Gasteiger partial charge on any atom is -0.378 e.